The summed E-state index contributed by atoms with van der Waals surface area (Å²) in [6.07, 6.45) is 5.72. The lowest BCUT2D eigenvalue weighted by Crippen LogP contribution is -2.44. The number of aromatic nitrogens is 1. The number of nitrogens with two attached hydrogens (primary N) is 2. The van der Waals surface area contributed by atoms with Crippen LogP contribution < -0.4 is 16.8 Å². The predicted molar refractivity (Wildman–Crippen MR) is 115 cm³/mol. The largest absolute Gasteiger partial charge is 0.507 e. The molecule has 1 aromatic carbocycles. The molecule has 0 spiro atoms. The number of ketones is 1. The third-order valence-electron chi connectivity index (χ3n) is 5.56. The van der Waals surface area contributed by atoms with Crippen LogP contribution in [0.5, 0.6) is 5.75 Å². The van der Waals surface area contributed by atoms with E-state index in [-0.39, 0.29) is 24.2 Å². The molecule has 7 nitrogen and oxygen atoms in total. The van der Waals surface area contributed by atoms with Crippen molar-refractivity contribution in [3.05, 3.63) is 59.8 Å². The molecule has 29 heavy (non-hydrogen) atoms. The summed E-state index contributed by atoms with van der Waals surface area (Å²) in [5.74, 6) is 0.541. The van der Waals surface area contributed by atoms with Crippen LogP contribution in [0.4, 0.5) is 5.82 Å². The van der Waals surface area contributed by atoms with E-state index in [9.17, 15) is 15.0 Å². The van der Waals surface area contributed by atoms with Crippen molar-refractivity contribution >= 4 is 23.4 Å². The number of phenolic OH excluding ortho intramolecular Hbond substituents is 1. The smallest absolute Gasteiger partial charge is 0.155 e. The summed E-state index contributed by atoms with van der Waals surface area (Å²) in [4.78, 5) is 14.7. The molecule has 154 valence electrons. The second-order valence-corrected chi connectivity index (χ2v) is 7.50. The number of aliphatic hydroxyl groups is 1. The Labute approximate surface area is 170 Å². The fourth-order valence-corrected chi connectivity index (χ4v) is 3.84. The Morgan fingerprint density at radius 3 is 2.83 bits per heavy atom. The van der Waals surface area contributed by atoms with E-state index in [1.807, 2.05) is 6.07 Å². The summed E-state index contributed by atoms with van der Waals surface area (Å²) in [6.45, 7) is 3.40. The van der Waals surface area contributed by atoms with Gasteiger partial charge in [-0.05, 0) is 49.6 Å². The van der Waals surface area contributed by atoms with Gasteiger partial charge in [0.1, 0.15) is 11.6 Å². The van der Waals surface area contributed by atoms with Gasteiger partial charge in [-0.3, -0.25) is 4.79 Å². The third kappa shape index (κ3) is 4.36. The Morgan fingerprint density at radius 1 is 1.38 bits per heavy atom. The summed E-state index contributed by atoms with van der Waals surface area (Å²) >= 11 is 0. The van der Waals surface area contributed by atoms with E-state index >= 15 is 0 Å². The Hall–Kier alpha value is -3.03. The molecule has 2 aromatic rings. The Morgan fingerprint density at radius 2 is 2.14 bits per heavy atom. The second-order valence-electron chi connectivity index (χ2n) is 7.50. The van der Waals surface area contributed by atoms with Crippen LogP contribution in [0.1, 0.15) is 42.5 Å². The third-order valence-corrected chi connectivity index (χ3v) is 5.56. The summed E-state index contributed by atoms with van der Waals surface area (Å²) in [6, 6.07) is 8.81. The maximum atomic E-state index is 11.5. The summed E-state index contributed by atoms with van der Waals surface area (Å²) < 4.78 is 0. The van der Waals surface area contributed by atoms with Gasteiger partial charge in [0.05, 0.1) is 12.1 Å². The summed E-state index contributed by atoms with van der Waals surface area (Å²) in [5, 5.41) is 23.6. The Kier molecular flexibility index (Phi) is 6.10. The molecule has 2 atom stereocenters. The van der Waals surface area contributed by atoms with E-state index in [1.165, 1.54) is 6.08 Å². The minimum atomic E-state index is -0.647. The van der Waals surface area contributed by atoms with Crippen LogP contribution in [-0.4, -0.2) is 33.6 Å². The molecule has 0 radical (unpaired) electrons. The van der Waals surface area contributed by atoms with Gasteiger partial charge in [0.25, 0.3) is 0 Å². The highest BCUT2D eigenvalue weighted by atomic mass is 16.3. The molecule has 0 saturated carbocycles. The number of aliphatic hydroxyl groups excluding tert-OH is 1. The van der Waals surface area contributed by atoms with Crippen molar-refractivity contribution in [2.24, 2.45) is 5.73 Å². The van der Waals surface area contributed by atoms with Crippen molar-refractivity contribution in [2.45, 2.75) is 37.3 Å². The maximum absolute atomic E-state index is 11.5. The molecule has 1 aliphatic heterocycles. The van der Waals surface area contributed by atoms with Gasteiger partial charge < -0.3 is 32.0 Å². The number of H-pyrrole nitrogens is 1. The fourth-order valence-electron chi connectivity index (χ4n) is 3.84. The van der Waals surface area contributed by atoms with Crippen molar-refractivity contribution < 1.29 is 15.0 Å². The van der Waals surface area contributed by atoms with Crippen molar-refractivity contribution in [3.8, 4) is 5.75 Å². The lowest BCUT2D eigenvalue weighted by molar-refractivity contribution is -0.114. The monoisotopic (exact) mass is 396 g/mol. The van der Waals surface area contributed by atoms with E-state index in [1.54, 1.807) is 30.3 Å². The van der Waals surface area contributed by atoms with Gasteiger partial charge >= 0.3 is 0 Å². The van der Waals surface area contributed by atoms with Crippen molar-refractivity contribution in [2.75, 3.05) is 12.3 Å². The van der Waals surface area contributed by atoms with Gasteiger partial charge in [-0.15, -0.1) is 0 Å². The Bertz CT molecular complexity index is 934. The molecule has 0 bridgehead atoms. The SMILES string of the molecule is C=CC(=O)CCC1CCC(CO)(c2cc(/C=C(\N)c3ccccc3O)c(N)[nH]2)N1. The van der Waals surface area contributed by atoms with Crippen LogP contribution >= 0.6 is 0 Å². The number of benzene rings is 1. The minimum Gasteiger partial charge on any atom is -0.507 e. The minimum absolute atomic E-state index is 0.0180. The van der Waals surface area contributed by atoms with Crippen LogP contribution in [0.2, 0.25) is 0 Å². The predicted octanol–water partition coefficient (Wildman–Crippen LogP) is 2.23. The van der Waals surface area contributed by atoms with Crippen LogP contribution in [0, 0.1) is 0 Å². The quantitative estimate of drug-likeness (QED) is 0.379. The standard InChI is InChI=1S/C22H28N4O3/c1-2-16(28)8-7-15-9-10-22(13-27,26-15)20-12-14(21(24)25-20)11-18(23)17-5-3-4-6-19(17)29/h2-6,11-12,15,25-27,29H,1,7-10,13,23-24H2/b18-11-. The van der Waals surface area contributed by atoms with Gasteiger partial charge in [0.2, 0.25) is 0 Å². The molecule has 3 rings (SSSR count). The molecule has 1 aromatic heterocycles. The first kappa shape index (κ1) is 20.7. The number of hydrogen-bond acceptors (Lipinski definition) is 6. The first-order chi connectivity index (χ1) is 13.9. The van der Waals surface area contributed by atoms with E-state index < -0.39 is 5.54 Å². The average Bonchev–Trinajstić information content (AvgIpc) is 3.31. The summed E-state index contributed by atoms with van der Waals surface area (Å²) in [5.41, 5.74) is 14.0. The van der Waals surface area contributed by atoms with Crippen LogP contribution in [0.25, 0.3) is 11.8 Å². The molecule has 0 amide bonds. The molecule has 1 saturated heterocycles. The first-order valence-electron chi connectivity index (χ1n) is 9.67. The number of carbonyl (C=O) groups excluding carboxylic acids is 1. The number of hydrogen-bond donors (Lipinski definition) is 6. The highest BCUT2D eigenvalue weighted by molar-refractivity contribution is 5.89. The van der Waals surface area contributed by atoms with Gasteiger partial charge in [-0.25, -0.2) is 0 Å². The molecule has 8 N–H and O–H groups in total. The van der Waals surface area contributed by atoms with Gasteiger partial charge in [0, 0.05) is 35.0 Å². The average molecular weight is 396 g/mol. The number of nitrogen functional groups attached to an aromatic ring is 1. The lowest BCUT2D eigenvalue weighted by atomic mass is 9.94. The lowest BCUT2D eigenvalue weighted by Gasteiger charge is -2.27. The number of anilines is 1. The molecule has 1 aliphatic rings. The van der Waals surface area contributed by atoms with Gasteiger partial charge in [-0.2, -0.15) is 0 Å². The van der Waals surface area contributed by atoms with E-state index in [0.717, 1.165) is 12.1 Å². The summed E-state index contributed by atoms with van der Waals surface area (Å²) in [7, 11) is 0. The molecular weight excluding hydrogens is 368 g/mol. The molecule has 2 heterocycles. The number of para-hydroxylation sites is 1. The fraction of sp³-hybridized carbons (Fsp3) is 0.318. The Balaban J connectivity index is 1.81. The molecular formula is C22H28N4O3. The number of aromatic hydroxyl groups is 1. The number of allylic oxidation sites excluding steroid dienone is 1. The maximum Gasteiger partial charge on any atom is 0.155 e. The normalized spacial score (nSPS) is 22.0. The number of nitrogens with one attached hydrogen (secondary N) is 2. The molecule has 0 aliphatic carbocycles. The van der Waals surface area contributed by atoms with Crippen molar-refractivity contribution in [1.82, 2.24) is 10.3 Å². The molecule has 2 unspecified atom stereocenters. The number of carbonyl (C=O) groups is 1. The van der Waals surface area contributed by atoms with Crippen molar-refractivity contribution in [3.63, 3.8) is 0 Å². The molecule has 1 fully saturated rings. The number of rotatable bonds is 8. The van der Waals surface area contributed by atoms with E-state index in [2.05, 4.69) is 16.9 Å². The molecule has 7 heteroatoms. The zero-order valence-electron chi connectivity index (χ0n) is 16.3. The van der Waals surface area contributed by atoms with Crippen LogP contribution in [0.3, 0.4) is 0 Å². The number of aromatic amines is 1. The highest BCUT2D eigenvalue weighted by Crippen LogP contribution is 2.36. The van der Waals surface area contributed by atoms with Gasteiger partial charge in [0.15, 0.2) is 5.78 Å². The van der Waals surface area contributed by atoms with E-state index in [4.69, 9.17) is 11.5 Å². The van der Waals surface area contributed by atoms with Gasteiger partial charge in [-0.1, -0.05) is 18.7 Å². The highest BCUT2D eigenvalue weighted by Gasteiger charge is 2.40. The zero-order chi connectivity index (χ0) is 21.0. The number of phenols is 1. The van der Waals surface area contributed by atoms with Crippen LogP contribution in [-0.2, 0) is 10.3 Å². The second kappa shape index (κ2) is 8.55. The topological polar surface area (TPSA) is 137 Å². The first-order valence-corrected chi connectivity index (χ1v) is 9.67. The zero-order valence-corrected chi connectivity index (χ0v) is 16.3. The van der Waals surface area contributed by atoms with Crippen molar-refractivity contribution in [1.29, 1.82) is 0 Å². The van der Waals surface area contributed by atoms with E-state index in [0.29, 0.717) is 41.9 Å². The van der Waals surface area contributed by atoms with Crippen LogP contribution in [0.15, 0.2) is 43.0 Å².